The lowest BCUT2D eigenvalue weighted by atomic mass is 10.1. The van der Waals surface area contributed by atoms with E-state index >= 15 is 0 Å². The van der Waals surface area contributed by atoms with Crippen LogP contribution in [-0.2, 0) is 26.7 Å². The summed E-state index contributed by atoms with van der Waals surface area (Å²) in [5.74, 6) is 1.67. The Balaban J connectivity index is 0.00000261. The van der Waals surface area contributed by atoms with Crippen molar-refractivity contribution in [1.29, 1.82) is 0 Å². The maximum absolute atomic E-state index is 4.67. The highest BCUT2D eigenvalue weighted by Gasteiger charge is 2.11. The van der Waals surface area contributed by atoms with Gasteiger partial charge in [0.1, 0.15) is 12.2 Å². The minimum Gasteiger partial charge on any atom is -0.357 e. The van der Waals surface area contributed by atoms with Crippen molar-refractivity contribution in [3.63, 3.8) is 0 Å². The van der Waals surface area contributed by atoms with Crippen LogP contribution in [0.3, 0.4) is 0 Å². The number of guanidine groups is 1. The molecule has 0 saturated carbocycles. The molecule has 1 fully saturated rings. The van der Waals surface area contributed by atoms with Crippen LogP contribution in [0.25, 0.3) is 0 Å². The molecular weight excluding hydrogens is 453 g/mol. The molecular formula is C19H30IN7. The number of nitrogens with one attached hydrogen (secondary N) is 2. The van der Waals surface area contributed by atoms with Crippen molar-refractivity contribution >= 4 is 29.9 Å². The zero-order valence-electron chi connectivity index (χ0n) is 16.2. The van der Waals surface area contributed by atoms with Crippen molar-refractivity contribution in [3.05, 3.63) is 47.5 Å². The molecule has 0 amide bonds. The number of hydrogen-bond acceptors (Lipinski definition) is 4. The number of rotatable bonds is 7. The van der Waals surface area contributed by atoms with E-state index in [0.717, 1.165) is 24.9 Å². The molecule has 0 radical (unpaired) electrons. The summed E-state index contributed by atoms with van der Waals surface area (Å²) in [7, 11) is 1.89. The molecule has 2 N–H and O–H groups in total. The molecule has 1 aliphatic heterocycles. The Morgan fingerprint density at radius 1 is 1.11 bits per heavy atom. The molecule has 1 aliphatic rings. The molecule has 2 heterocycles. The van der Waals surface area contributed by atoms with Crippen LogP contribution < -0.4 is 10.6 Å². The molecule has 0 bridgehead atoms. The molecule has 0 spiro atoms. The predicted molar refractivity (Wildman–Crippen MR) is 119 cm³/mol. The lowest BCUT2D eigenvalue weighted by molar-refractivity contribution is 0.331. The highest BCUT2D eigenvalue weighted by atomic mass is 127. The molecule has 0 unspecified atom stereocenters. The second kappa shape index (κ2) is 11.2. The van der Waals surface area contributed by atoms with Gasteiger partial charge >= 0.3 is 0 Å². The van der Waals surface area contributed by atoms with E-state index in [9.17, 15) is 0 Å². The smallest absolute Gasteiger partial charge is 0.191 e. The molecule has 148 valence electrons. The second-order valence-electron chi connectivity index (χ2n) is 6.65. The van der Waals surface area contributed by atoms with Gasteiger partial charge in [-0.15, -0.1) is 24.0 Å². The van der Waals surface area contributed by atoms with E-state index in [1.54, 1.807) is 11.0 Å². The Bertz CT molecular complexity index is 705. The third kappa shape index (κ3) is 6.76. The fourth-order valence-corrected chi connectivity index (χ4v) is 3.10. The normalized spacial score (nSPS) is 14.8. The summed E-state index contributed by atoms with van der Waals surface area (Å²) in [6.45, 7) is 7.65. The summed E-state index contributed by atoms with van der Waals surface area (Å²) in [5.41, 5.74) is 2.60. The molecule has 1 aromatic carbocycles. The van der Waals surface area contributed by atoms with E-state index in [4.69, 9.17) is 0 Å². The van der Waals surface area contributed by atoms with Crippen LogP contribution in [0, 0.1) is 0 Å². The number of benzene rings is 1. The molecule has 7 nitrogen and oxygen atoms in total. The second-order valence-corrected chi connectivity index (χ2v) is 6.65. The fourth-order valence-electron chi connectivity index (χ4n) is 3.10. The van der Waals surface area contributed by atoms with Crippen LogP contribution in [0.2, 0.25) is 0 Å². The van der Waals surface area contributed by atoms with Gasteiger partial charge in [-0.25, -0.2) is 9.98 Å². The molecule has 27 heavy (non-hydrogen) atoms. The fraction of sp³-hybridized carbons (Fsp3) is 0.526. The number of aryl methyl sites for hydroxylation is 1. The molecule has 0 atom stereocenters. The summed E-state index contributed by atoms with van der Waals surface area (Å²) >= 11 is 0. The Morgan fingerprint density at radius 2 is 1.81 bits per heavy atom. The van der Waals surface area contributed by atoms with Crippen LogP contribution in [0.4, 0.5) is 0 Å². The van der Waals surface area contributed by atoms with Gasteiger partial charge in [0.15, 0.2) is 5.96 Å². The molecule has 0 aliphatic carbocycles. The SMILES string of the molecule is CCNC(=NCc1ccc(CN2CCCC2)cc1)NCc1ncnn1C.I. The van der Waals surface area contributed by atoms with Crippen molar-refractivity contribution in [2.75, 3.05) is 19.6 Å². The summed E-state index contributed by atoms with van der Waals surface area (Å²) in [6, 6.07) is 8.81. The van der Waals surface area contributed by atoms with Crippen molar-refractivity contribution in [2.24, 2.45) is 12.0 Å². The average Bonchev–Trinajstić information content (AvgIpc) is 3.30. The van der Waals surface area contributed by atoms with Gasteiger partial charge < -0.3 is 10.6 Å². The summed E-state index contributed by atoms with van der Waals surface area (Å²) in [4.78, 5) is 11.4. The Kier molecular flexibility index (Phi) is 8.99. The number of likely N-dealkylation sites (tertiary alicyclic amines) is 1. The van der Waals surface area contributed by atoms with E-state index in [-0.39, 0.29) is 24.0 Å². The first-order valence-corrected chi connectivity index (χ1v) is 9.40. The first-order valence-electron chi connectivity index (χ1n) is 9.40. The molecule has 8 heteroatoms. The zero-order valence-corrected chi connectivity index (χ0v) is 18.5. The van der Waals surface area contributed by atoms with Crippen LogP contribution in [-0.4, -0.2) is 45.3 Å². The molecule has 1 saturated heterocycles. The van der Waals surface area contributed by atoms with E-state index in [2.05, 4.69) is 61.8 Å². The standard InChI is InChI=1S/C19H29N7.HI/c1-3-20-19(22-13-18-23-15-24-25(18)2)21-12-16-6-8-17(9-7-16)14-26-10-4-5-11-26;/h6-9,15H,3-5,10-14H2,1-2H3,(H2,20,21,22);1H. The van der Waals surface area contributed by atoms with Crippen LogP contribution in [0.5, 0.6) is 0 Å². The molecule has 2 aromatic rings. The van der Waals surface area contributed by atoms with Crippen molar-refractivity contribution < 1.29 is 0 Å². The lowest BCUT2D eigenvalue weighted by Crippen LogP contribution is -2.37. The number of aromatic nitrogens is 3. The van der Waals surface area contributed by atoms with Crippen LogP contribution in [0.15, 0.2) is 35.6 Å². The van der Waals surface area contributed by atoms with Crippen LogP contribution >= 0.6 is 24.0 Å². The van der Waals surface area contributed by atoms with Gasteiger partial charge in [0, 0.05) is 20.1 Å². The van der Waals surface area contributed by atoms with E-state index < -0.39 is 0 Å². The maximum Gasteiger partial charge on any atom is 0.191 e. The number of nitrogens with zero attached hydrogens (tertiary/aromatic N) is 5. The van der Waals surface area contributed by atoms with E-state index in [1.165, 1.54) is 37.1 Å². The molecule has 1 aromatic heterocycles. The lowest BCUT2D eigenvalue weighted by Gasteiger charge is -2.14. The summed E-state index contributed by atoms with van der Waals surface area (Å²) in [5, 5.41) is 10.7. The third-order valence-corrected chi connectivity index (χ3v) is 4.61. The minimum atomic E-state index is 0. The van der Waals surface area contributed by atoms with Crippen molar-refractivity contribution in [3.8, 4) is 0 Å². The Hall–Kier alpha value is -1.68. The highest BCUT2D eigenvalue weighted by Crippen LogP contribution is 2.13. The summed E-state index contributed by atoms with van der Waals surface area (Å²) < 4.78 is 1.76. The molecule has 3 rings (SSSR count). The zero-order chi connectivity index (χ0) is 18.2. The van der Waals surface area contributed by atoms with Gasteiger partial charge in [0.2, 0.25) is 0 Å². The predicted octanol–water partition coefficient (Wildman–Crippen LogP) is 2.28. The van der Waals surface area contributed by atoms with Crippen molar-refractivity contribution in [2.45, 2.75) is 39.4 Å². The number of halogens is 1. The maximum atomic E-state index is 4.67. The first kappa shape index (κ1) is 21.6. The van der Waals surface area contributed by atoms with Gasteiger partial charge in [-0.3, -0.25) is 9.58 Å². The minimum absolute atomic E-state index is 0. The number of aliphatic imine (C=N–C) groups is 1. The van der Waals surface area contributed by atoms with Crippen molar-refractivity contribution in [1.82, 2.24) is 30.3 Å². The third-order valence-electron chi connectivity index (χ3n) is 4.61. The van der Waals surface area contributed by atoms with E-state index in [0.29, 0.717) is 13.1 Å². The Morgan fingerprint density at radius 3 is 2.44 bits per heavy atom. The van der Waals surface area contributed by atoms with Gasteiger partial charge in [-0.1, -0.05) is 24.3 Å². The van der Waals surface area contributed by atoms with Gasteiger partial charge in [-0.05, 0) is 44.0 Å². The first-order chi connectivity index (χ1) is 12.7. The number of hydrogen-bond donors (Lipinski definition) is 2. The van der Waals surface area contributed by atoms with Gasteiger partial charge in [0.25, 0.3) is 0 Å². The highest BCUT2D eigenvalue weighted by molar-refractivity contribution is 14.0. The largest absolute Gasteiger partial charge is 0.357 e. The average molecular weight is 483 g/mol. The monoisotopic (exact) mass is 483 g/mol. The van der Waals surface area contributed by atoms with Gasteiger partial charge in [0.05, 0.1) is 13.1 Å². The van der Waals surface area contributed by atoms with Gasteiger partial charge in [-0.2, -0.15) is 5.10 Å². The Labute approximate surface area is 178 Å². The van der Waals surface area contributed by atoms with Crippen LogP contribution in [0.1, 0.15) is 36.7 Å². The quantitative estimate of drug-likeness (QED) is 0.360. The summed E-state index contributed by atoms with van der Waals surface area (Å²) in [6.07, 6.45) is 4.23. The topological polar surface area (TPSA) is 70.4 Å². The van der Waals surface area contributed by atoms with E-state index in [1.807, 2.05) is 7.05 Å².